The summed E-state index contributed by atoms with van der Waals surface area (Å²) in [6.07, 6.45) is 5.63. The SMILES string of the molecule is CN(CCc1ccccc1NS(C)(=O)=O)C(=O)[C@@H](Cc1ccc2ccccc2c1)N(C)C(=O)/C=C/CC(C)(C)N. The van der Waals surface area contributed by atoms with Crippen LogP contribution in [0.2, 0.25) is 0 Å². The summed E-state index contributed by atoms with van der Waals surface area (Å²) in [4.78, 5) is 30.0. The van der Waals surface area contributed by atoms with Gasteiger partial charge in [-0.2, -0.15) is 0 Å². The Labute approximate surface area is 237 Å². The summed E-state index contributed by atoms with van der Waals surface area (Å²) in [5.41, 5.74) is 7.80. The van der Waals surface area contributed by atoms with E-state index in [9.17, 15) is 18.0 Å². The Bertz CT molecular complexity index is 1480. The molecule has 0 unspecified atom stereocenters. The second kappa shape index (κ2) is 13.1. The number of benzene rings is 3. The number of hydrogen-bond donors (Lipinski definition) is 2. The van der Waals surface area contributed by atoms with E-state index in [4.69, 9.17) is 5.73 Å². The van der Waals surface area contributed by atoms with Crippen LogP contribution in [0.15, 0.2) is 78.9 Å². The lowest BCUT2D eigenvalue weighted by molar-refractivity contribution is -0.141. The van der Waals surface area contributed by atoms with Gasteiger partial charge < -0.3 is 15.5 Å². The van der Waals surface area contributed by atoms with Gasteiger partial charge in [-0.25, -0.2) is 8.42 Å². The molecular weight excluding hydrogens is 524 g/mol. The largest absolute Gasteiger partial charge is 0.344 e. The fourth-order valence-corrected chi connectivity index (χ4v) is 5.00. The zero-order valence-electron chi connectivity index (χ0n) is 23.9. The van der Waals surface area contributed by atoms with E-state index in [1.807, 2.05) is 68.4 Å². The molecule has 0 radical (unpaired) electrons. The maximum Gasteiger partial charge on any atom is 0.246 e. The third-order valence-electron chi connectivity index (χ3n) is 6.65. The van der Waals surface area contributed by atoms with Gasteiger partial charge in [0, 0.05) is 32.6 Å². The number of carbonyl (C=O) groups excluding carboxylic acids is 2. The van der Waals surface area contributed by atoms with Crippen molar-refractivity contribution in [3.05, 3.63) is 90.0 Å². The highest BCUT2D eigenvalue weighted by atomic mass is 32.2. The van der Waals surface area contributed by atoms with Crippen LogP contribution in [0.3, 0.4) is 0 Å². The molecule has 0 bridgehead atoms. The van der Waals surface area contributed by atoms with E-state index < -0.39 is 21.6 Å². The standard InChI is InChI=1S/C31H40N4O4S/c1-31(2,32)19-10-15-29(36)35(4)28(22-23-16-17-24-11-6-7-13-26(24)21-23)30(37)34(3)20-18-25-12-8-9-14-27(25)33-40(5,38)39/h6-17,21,28,33H,18-20,22,32H2,1-5H3/b15-10+/t28-/m1/s1. The van der Waals surface area contributed by atoms with Crippen molar-refractivity contribution in [1.82, 2.24) is 9.80 Å². The van der Waals surface area contributed by atoms with Crippen LogP contribution >= 0.6 is 0 Å². The second-order valence-corrected chi connectivity index (χ2v) is 12.7. The molecule has 3 aromatic carbocycles. The molecule has 1 atom stereocenters. The number of carbonyl (C=O) groups is 2. The van der Waals surface area contributed by atoms with E-state index in [1.165, 1.54) is 11.0 Å². The van der Waals surface area contributed by atoms with Gasteiger partial charge in [-0.15, -0.1) is 0 Å². The number of hydrogen-bond acceptors (Lipinski definition) is 5. The normalized spacial score (nSPS) is 12.8. The molecule has 0 spiro atoms. The Morgan fingerprint density at radius 3 is 2.33 bits per heavy atom. The minimum absolute atomic E-state index is 0.204. The number of likely N-dealkylation sites (N-methyl/N-ethyl adjacent to an activating group) is 2. The van der Waals surface area contributed by atoms with Gasteiger partial charge in [0.1, 0.15) is 6.04 Å². The molecule has 40 heavy (non-hydrogen) atoms. The molecule has 0 aliphatic carbocycles. The monoisotopic (exact) mass is 564 g/mol. The number of sulfonamides is 1. The lowest BCUT2D eigenvalue weighted by atomic mass is 9.99. The maximum atomic E-state index is 13.8. The number of nitrogens with two attached hydrogens (primary N) is 1. The van der Waals surface area contributed by atoms with E-state index in [-0.39, 0.29) is 11.8 Å². The van der Waals surface area contributed by atoms with Crippen LogP contribution in [-0.2, 0) is 32.5 Å². The molecule has 0 aromatic heterocycles. The molecule has 0 saturated carbocycles. The number of nitrogens with zero attached hydrogens (tertiary/aromatic N) is 2. The molecule has 0 heterocycles. The molecule has 9 heteroatoms. The quantitative estimate of drug-likeness (QED) is 0.323. The average Bonchev–Trinajstić information content (AvgIpc) is 2.88. The number of amides is 2. The smallest absolute Gasteiger partial charge is 0.246 e. The maximum absolute atomic E-state index is 13.8. The van der Waals surface area contributed by atoms with Gasteiger partial charge >= 0.3 is 0 Å². The fraction of sp³-hybridized carbons (Fsp3) is 0.355. The van der Waals surface area contributed by atoms with Crippen LogP contribution in [0.5, 0.6) is 0 Å². The highest BCUT2D eigenvalue weighted by Gasteiger charge is 2.29. The number of para-hydroxylation sites is 1. The molecule has 8 nitrogen and oxygen atoms in total. The van der Waals surface area contributed by atoms with Gasteiger partial charge in [0.25, 0.3) is 0 Å². The van der Waals surface area contributed by atoms with Crippen molar-refractivity contribution in [2.45, 2.75) is 44.7 Å². The van der Waals surface area contributed by atoms with Crippen LogP contribution in [0.1, 0.15) is 31.4 Å². The molecule has 0 aliphatic rings. The van der Waals surface area contributed by atoms with Crippen molar-refractivity contribution in [2.24, 2.45) is 5.73 Å². The predicted molar refractivity (Wildman–Crippen MR) is 162 cm³/mol. The zero-order chi connectivity index (χ0) is 29.5. The molecule has 3 rings (SSSR count). The lowest BCUT2D eigenvalue weighted by Gasteiger charge is -2.31. The van der Waals surface area contributed by atoms with Crippen molar-refractivity contribution in [3.8, 4) is 0 Å². The Hall–Kier alpha value is -3.69. The molecule has 3 aromatic rings. The van der Waals surface area contributed by atoms with Crippen LogP contribution in [0.25, 0.3) is 10.8 Å². The van der Waals surface area contributed by atoms with E-state index in [0.717, 1.165) is 28.2 Å². The number of fused-ring (bicyclic) bond motifs is 1. The molecule has 0 fully saturated rings. The summed E-state index contributed by atoms with van der Waals surface area (Å²) in [5, 5.41) is 2.16. The van der Waals surface area contributed by atoms with Crippen LogP contribution in [0, 0.1) is 0 Å². The Kier molecular flexibility index (Phi) is 10.1. The van der Waals surface area contributed by atoms with E-state index in [2.05, 4.69) is 4.72 Å². The van der Waals surface area contributed by atoms with Crippen molar-refractivity contribution in [3.63, 3.8) is 0 Å². The zero-order valence-corrected chi connectivity index (χ0v) is 24.7. The summed E-state index contributed by atoms with van der Waals surface area (Å²) < 4.78 is 26.1. The molecular formula is C31H40N4O4S. The van der Waals surface area contributed by atoms with Gasteiger partial charge in [-0.1, -0.05) is 66.7 Å². The first-order chi connectivity index (χ1) is 18.7. The van der Waals surface area contributed by atoms with Gasteiger partial charge in [-0.05, 0) is 60.7 Å². The van der Waals surface area contributed by atoms with E-state index in [0.29, 0.717) is 31.5 Å². The topological polar surface area (TPSA) is 113 Å². The first kappa shape index (κ1) is 30.8. The van der Waals surface area contributed by atoms with Crippen LogP contribution in [-0.4, -0.2) is 68.5 Å². The summed E-state index contributed by atoms with van der Waals surface area (Å²) in [7, 11) is -0.101. The van der Waals surface area contributed by atoms with Gasteiger partial charge in [0.05, 0.1) is 11.9 Å². The lowest BCUT2D eigenvalue weighted by Crippen LogP contribution is -2.49. The highest BCUT2D eigenvalue weighted by molar-refractivity contribution is 7.92. The molecule has 214 valence electrons. The summed E-state index contributed by atoms with van der Waals surface area (Å²) >= 11 is 0. The van der Waals surface area contributed by atoms with Crippen molar-refractivity contribution >= 4 is 38.3 Å². The predicted octanol–water partition coefficient (Wildman–Crippen LogP) is 3.97. The number of anilines is 1. The Morgan fingerprint density at radius 1 is 1.00 bits per heavy atom. The minimum atomic E-state index is -3.45. The third-order valence-corrected chi connectivity index (χ3v) is 7.24. The number of nitrogens with one attached hydrogen (secondary N) is 1. The first-order valence-electron chi connectivity index (χ1n) is 13.2. The Balaban J connectivity index is 1.82. The minimum Gasteiger partial charge on any atom is -0.344 e. The summed E-state index contributed by atoms with van der Waals surface area (Å²) in [5.74, 6) is -0.482. The van der Waals surface area contributed by atoms with Crippen molar-refractivity contribution in [1.29, 1.82) is 0 Å². The first-order valence-corrected chi connectivity index (χ1v) is 15.1. The fourth-order valence-electron chi connectivity index (χ4n) is 4.40. The van der Waals surface area contributed by atoms with E-state index >= 15 is 0 Å². The number of rotatable bonds is 12. The van der Waals surface area contributed by atoms with Gasteiger partial charge in [0.2, 0.25) is 21.8 Å². The second-order valence-electron chi connectivity index (χ2n) is 11.0. The van der Waals surface area contributed by atoms with Crippen molar-refractivity contribution in [2.75, 3.05) is 31.6 Å². The molecule has 3 N–H and O–H groups in total. The summed E-state index contributed by atoms with van der Waals surface area (Å²) in [6.45, 7) is 4.11. The molecule has 0 saturated heterocycles. The van der Waals surface area contributed by atoms with Gasteiger partial charge in [0.15, 0.2) is 0 Å². The molecule has 0 aliphatic heterocycles. The van der Waals surface area contributed by atoms with Crippen LogP contribution < -0.4 is 10.5 Å². The Morgan fingerprint density at radius 2 is 1.65 bits per heavy atom. The van der Waals surface area contributed by atoms with Gasteiger partial charge in [-0.3, -0.25) is 14.3 Å². The summed E-state index contributed by atoms with van der Waals surface area (Å²) in [6, 6.07) is 20.4. The van der Waals surface area contributed by atoms with Crippen molar-refractivity contribution < 1.29 is 18.0 Å². The molecule has 2 amide bonds. The highest BCUT2D eigenvalue weighted by Crippen LogP contribution is 2.20. The third kappa shape index (κ3) is 9.20. The average molecular weight is 565 g/mol. The van der Waals surface area contributed by atoms with Crippen LogP contribution in [0.4, 0.5) is 5.69 Å². The van der Waals surface area contributed by atoms with E-state index in [1.54, 1.807) is 37.2 Å².